The van der Waals surface area contributed by atoms with Crippen molar-refractivity contribution in [2.24, 2.45) is 0 Å². The van der Waals surface area contributed by atoms with Crippen LogP contribution in [0.4, 0.5) is 0 Å². The third-order valence-electron chi connectivity index (χ3n) is 3.52. The summed E-state index contributed by atoms with van der Waals surface area (Å²) in [5.41, 5.74) is 3.33. The summed E-state index contributed by atoms with van der Waals surface area (Å²) in [6, 6.07) is 20.4. The second-order valence-electron chi connectivity index (χ2n) is 4.93. The SMILES string of the molecule is Brc1ccc(-c2ccc(-c3cc4ccccn4c3)o2)cc1. The van der Waals surface area contributed by atoms with Crippen molar-refractivity contribution in [1.29, 1.82) is 0 Å². The molecule has 4 aromatic rings. The van der Waals surface area contributed by atoms with Crippen molar-refractivity contribution >= 4 is 21.4 Å². The molecule has 0 bridgehead atoms. The van der Waals surface area contributed by atoms with E-state index in [-0.39, 0.29) is 0 Å². The van der Waals surface area contributed by atoms with E-state index >= 15 is 0 Å². The fraction of sp³-hybridized carbons (Fsp3) is 0. The molecular formula is C18H12BrNO. The van der Waals surface area contributed by atoms with Crippen molar-refractivity contribution in [1.82, 2.24) is 4.40 Å². The van der Waals surface area contributed by atoms with E-state index in [1.807, 2.05) is 54.7 Å². The van der Waals surface area contributed by atoms with Crippen LogP contribution in [0.3, 0.4) is 0 Å². The quantitative estimate of drug-likeness (QED) is 0.463. The Morgan fingerprint density at radius 2 is 1.57 bits per heavy atom. The smallest absolute Gasteiger partial charge is 0.136 e. The van der Waals surface area contributed by atoms with E-state index in [4.69, 9.17) is 4.42 Å². The Morgan fingerprint density at radius 1 is 0.810 bits per heavy atom. The molecule has 0 unspecified atom stereocenters. The van der Waals surface area contributed by atoms with Gasteiger partial charge < -0.3 is 8.82 Å². The Morgan fingerprint density at radius 3 is 2.33 bits per heavy atom. The molecular weight excluding hydrogens is 326 g/mol. The summed E-state index contributed by atoms with van der Waals surface area (Å²) in [6.07, 6.45) is 4.12. The van der Waals surface area contributed by atoms with Gasteiger partial charge in [-0.2, -0.15) is 0 Å². The van der Waals surface area contributed by atoms with Crippen LogP contribution in [0.25, 0.3) is 28.2 Å². The molecule has 1 aromatic carbocycles. The van der Waals surface area contributed by atoms with Gasteiger partial charge in [0.25, 0.3) is 0 Å². The first-order valence-electron chi connectivity index (χ1n) is 6.72. The van der Waals surface area contributed by atoms with Crippen LogP contribution in [0, 0.1) is 0 Å². The summed E-state index contributed by atoms with van der Waals surface area (Å²) < 4.78 is 9.16. The first-order valence-corrected chi connectivity index (χ1v) is 7.52. The molecule has 0 spiro atoms. The summed E-state index contributed by atoms with van der Waals surface area (Å²) in [6.45, 7) is 0. The van der Waals surface area contributed by atoms with E-state index in [2.05, 4.69) is 38.7 Å². The zero-order chi connectivity index (χ0) is 14.2. The third kappa shape index (κ3) is 2.30. The molecule has 0 atom stereocenters. The predicted molar refractivity (Wildman–Crippen MR) is 88.2 cm³/mol. The van der Waals surface area contributed by atoms with Crippen LogP contribution < -0.4 is 0 Å². The van der Waals surface area contributed by atoms with E-state index in [0.29, 0.717) is 0 Å². The lowest BCUT2D eigenvalue weighted by Gasteiger charge is -1.97. The lowest BCUT2D eigenvalue weighted by atomic mass is 10.2. The highest BCUT2D eigenvalue weighted by atomic mass is 79.9. The van der Waals surface area contributed by atoms with Crippen LogP contribution in [0.5, 0.6) is 0 Å². The molecule has 0 aliphatic rings. The van der Waals surface area contributed by atoms with Crippen molar-refractivity contribution in [3.63, 3.8) is 0 Å². The van der Waals surface area contributed by atoms with Crippen LogP contribution in [0.1, 0.15) is 0 Å². The highest BCUT2D eigenvalue weighted by molar-refractivity contribution is 9.10. The van der Waals surface area contributed by atoms with Gasteiger partial charge in [-0.15, -0.1) is 0 Å². The first-order chi connectivity index (χ1) is 10.3. The summed E-state index contributed by atoms with van der Waals surface area (Å²) >= 11 is 3.45. The maximum absolute atomic E-state index is 6.00. The van der Waals surface area contributed by atoms with Gasteiger partial charge in [-0.1, -0.05) is 34.1 Å². The number of hydrogen-bond donors (Lipinski definition) is 0. The summed E-state index contributed by atoms with van der Waals surface area (Å²) in [7, 11) is 0. The highest BCUT2D eigenvalue weighted by Crippen LogP contribution is 2.30. The van der Waals surface area contributed by atoms with Crippen molar-refractivity contribution in [2.75, 3.05) is 0 Å². The molecule has 0 saturated carbocycles. The average molecular weight is 338 g/mol. The van der Waals surface area contributed by atoms with Crippen LogP contribution in [0.2, 0.25) is 0 Å². The fourth-order valence-corrected chi connectivity index (χ4v) is 2.72. The normalized spacial score (nSPS) is 11.1. The number of aromatic nitrogens is 1. The Kier molecular flexibility index (Phi) is 2.93. The van der Waals surface area contributed by atoms with Crippen molar-refractivity contribution < 1.29 is 4.42 Å². The molecule has 2 nitrogen and oxygen atoms in total. The number of pyridine rings is 1. The highest BCUT2D eigenvalue weighted by Gasteiger charge is 2.08. The lowest BCUT2D eigenvalue weighted by molar-refractivity contribution is 0.597. The number of furan rings is 1. The zero-order valence-electron chi connectivity index (χ0n) is 11.2. The Hall–Kier alpha value is -2.26. The van der Waals surface area contributed by atoms with E-state index in [0.717, 1.165) is 32.6 Å². The van der Waals surface area contributed by atoms with Crippen molar-refractivity contribution in [3.8, 4) is 22.6 Å². The van der Waals surface area contributed by atoms with E-state index in [1.165, 1.54) is 0 Å². The van der Waals surface area contributed by atoms with Crippen molar-refractivity contribution in [3.05, 3.63) is 77.5 Å². The largest absolute Gasteiger partial charge is 0.456 e. The molecule has 4 rings (SSSR count). The Labute approximate surface area is 130 Å². The fourth-order valence-electron chi connectivity index (χ4n) is 2.45. The molecule has 21 heavy (non-hydrogen) atoms. The Bertz CT molecular complexity index is 869. The number of fused-ring (bicyclic) bond motifs is 1. The van der Waals surface area contributed by atoms with Crippen LogP contribution in [-0.2, 0) is 0 Å². The molecule has 0 N–H and O–H groups in total. The molecule has 0 radical (unpaired) electrons. The van der Waals surface area contributed by atoms with Gasteiger partial charge in [0, 0.05) is 33.5 Å². The number of benzene rings is 1. The molecule has 0 aliphatic heterocycles. The van der Waals surface area contributed by atoms with Crippen LogP contribution >= 0.6 is 15.9 Å². The van der Waals surface area contributed by atoms with Gasteiger partial charge in [0.2, 0.25) is 0 Å². The number of rotatable bonds is 2. The molecule has 3 heterocycles. The average Bonchev–Trinajstić information content (AvgIpc) is 3.14. The minimum absolute atomic E-state index is 0.882. The van der Waals surface area contributed by atoms with E-state index in [1.54, 1.807) is 0 Å². The predicted octanol–water partition coefficient (Wildman–Crippen LogP) is 5.63. The van der Waals surface area contributed by atoms with Gasteiger partial charge in [-0.05, 0) is 42.5 Å². The van der Waals surface area contributed by atoms with Crippen LogP contribution in [0.15, 0.2) is 81.9 Å². The molecule has 0 amide bonds. The summed E-state index contributed by atoms with van der Waals surface area (Å²) in [5.74, 6) is 1.77. The minimum atomic E-state index is 0.882. The van der Waals surface area contributed by atoms with Gasteiger partial charge in [-0.25, -0.2) is 0 Å². The van der Waals surface area contributed by atoms with Crippen LogP contribution in [-0.4, -0.2) is 4.40 Å². The minimum Gasteiger partial charge on any atom is -0.456 e. The molecule has 102 valence electrons. The lowest BCUT2D eigenvalue weighted by Crippen LogP contribution is -1.76. The second-order valence-corrected chi connectivity index (χ2v) is 5.85. The number of halogens is 1. The summed E-state index contributed by atoms with van der Waals surface area (Å²) in [4.78, 5) is 0. The number of hydrogen-bond acceptors (Lipinski definition) is 1. The zero-order valence-corrected chi connectivity index (χ0v) is 12.7. The van der Waals surface area contributed by atoms with Gasteiger partial charge in [0.1, 0.15) is 11.5 Å². The third-order valence-corrected chi connectivity index (χ3v) is 4.05. The molecule has 0 fully saturated rings. The molecule has 3 heteroatoms. The number of nitrogens with zero attached hydrogens (tertiary/aromatic N) is 1. The molecule has 3 aromatic heterocycles. The molecule has 0 saturated heterocycles. The van der Waals surface area contributed by atoms with E-state index < -0.39 is 0 Å². The van der Waals surface area contributed by atoms with Gasteiger partial charge >= 0.3 is 0 Å². The molecule has 0 aliphatic carbocycles. The van der Waals surface area contributed by atoms with Crippen molar-refractivity contribution in [2.45, 2.75) is 0 Å². The van der Waals surface area contributed by atoms with Gasteiger partial charge in [0.05, 0.1) is 0 Å². The maximum atomic E-state index is 6.00. The standard InChI is InChI=1S/C18H12BrNO/c19-15-6-4-13(5-7-15)17-8-9-18(21-17)14-11-16-3-1-2-10-20(16)12-14/h1-12H. The topological polar surface area (TPSA) is 17.6 Å². The first kappa shape index (κ1) is 12.5. The maximum Gasteiger partial charge on any atom is 0.136 e. The monoisotopic (exact) mass is 337 g/mol. The summed E-state index contributed by atoms with van der Waals surface area (Å²) in [5, 5.41) is 0. The Balaban J connectivity index is 1.75. The van der Waals surface area contributed by atoms with E-state index in [9.17, 15) is 0 Å². The van der Waals surface area contributed by atoms with Gasteiger partial charge in [-0.3, -0.25) is 0 Å². The van der Waals surface area contributed by atoms with Gasteiger partial charge in [0.15, 0.2) is 0 Å². The second kappa shape index (κ2) is 4.93.